The number of nitrogens with two attached hydrogens (primary N) is 1. The summed E-state index contributed by atoms with van der Waals surface area (Å²) in [6.07, 6.45) is 0.957. The normalized spacial score (nSPS) is 15.3. The second kappa shape index (κ2) is 6.95. The van der Waals surface area contributed by atoms with Crippen LogP contribution in [0, 0.1) is 12.8 Å². The zero-order valence-electron chi connectivity index (χ0n) is 12.4. The van der Waals surface area contributed by atoms with Gasteiger partial charge in [0.25, 0.3) is 0 Å². The maximum absolute atomic E-state index is 6.31. The fourth-order valence-electron chi connectivity index (χ4n) is 2.41. The van der Waals surface area contributed by atoms with Gasteiger partial charge >= 0.3 is 0 Å². The van der Waals surface area contributed by atoms with E-state index in [4.69, 9.17) is 10.2 Å². The Hall–Kier alpha value is -0.800. The highest BCUT2D eigenvalue weighted by molar-refractivity contribution is 5.12. The molecule has 2 atom stereocenters. The zero-order chi connectivity index (χ0) is 13.7. The molecule has 2 N–H and O–H groups in total. The summed E-state index contributed by atoms with van der Waals surface area (Å²) in [5.74, 6) is 2.59. The van der Waals surface area contributed by atoms with Crippen LogP contribution in [0.2, 0.25) is 0 Å². The van der Waals surface area contributed by atoms with E-state index < -0.39 is 0 Å². The molecule has 1 aromatic heterocycles. The second-order valence-corrected chi connectivity index (χ2v) is 5.45. The smallest absolute Gasteiger partial charge is 0.122 e. The minimum Gasteiger partial charge on any atom is -0.465 e. The van der Waals surface area contributed by atoms with Crippen molar-refractivity contribution >= 4 is 0 Å². The SMILES string of the molecule is CCC(N)C(c1ccc(C)o1)N(CC)CC(C)C. The van der Waals surface area contributed by atoms with E-state index in [1.54, 1.807) is 0 Å². The van der Waals surface area contributed by atoms with E-state index >= 15 is 0 Å². The first-order valence-corrected chi connectivity index (χ1v) is 7.05. The Labute approximate surface area is 111 Å². The maximum atomic E-state index is 6.31. The van der Waals surface area contributed by atoms with Crippen LogP contribution in [0.4, 0.5) is 0 Å². The molecule has 18 heavy (non-hydrogen) atoms. The number of hydrogen-bond donors (Lipinski definition) is 1. The molecule has 0 aliphatic carbocycles. The molecule has 0 aliphatic heterocycles. The Balaban J connectivity index is 2.96. The first kappa shape index (κ1) is 15.3. The monoisotopic (exact) mass is 252 g/mol. The van der Waals surface area contributed by atoms with Gasteiger partial charge in [-0.25, -0.2) is 0 Å². The van der Waals surface area contributed by atoms with E-state index in [-0.39, 0.29) is 12.1 Å². The van der Waals surface area contributed by atoms with Crippen LogP contribution in [0.3, 0.4) is 0 Å². The number of hydrogen-bond acceptors (Lipinski definition) is 3. The van der Waals surface area contributed by atoms with Gasteiger partial charge < -0.3 is 10.2 Å². The van der Waals surface area contributed by atoms with Crippen LogP contribution in [0.5, 0.6) is 0 Å². The van der Waals surface area contributed by atoms with Gasteiger partial charge in [0, 0.05) is 12.6 Å². The van der Waals surface area contributed by atoms with Crippen molar-refractivity contribution in [1.29, 1.82) is 0 Å². The van der Waals surface area contributed by atoms with E-state index in [0.717, 1.165) is 31.0 Å². The summed E-state index contributed by atoms with van der Waals surface area (Å²) in [6.45, 7) is 12.8. The van der Waals surface area contributed by atoms with Crippen molar-refractivity contribution < 1.29 is 4.42 Å². The van der Waals surface area contributed by atoms with Crippen LogP contribution in [0.25, 0.3) is 0 Å². The molecular formula is C15H28N2O. The van der Waals surface area contributed by atoms with Crippen LogP contribution in [0.15, 0.2) is 16.5 Å². The highest BCUT2D eigenvalue weighted by atomic mass is 16.3. The van der Waals surface area contributed by atoms with E-state index in [2.05, 4.69) is 38.7 Å². The van der Waals surface area contributed by atoms with Crippen molar-refractivity contribution in [1.82, 2.24) is 4.90 Å². The van der Waals surface area contributed by atoms with E-state index in [1.807, 2.05) is 13.0 Å². The summed E-state index contributed by atoms with van der Waals surface area (Å²) in [5.41, 5.74) is 6.31. The Morgan fingerprint density at radius 1 is 1.28 bits per heavy atom. The van der Waals surface area contributed by atoms with Gasteiger partial charge in [0.15, 0.2) is 0 Å². The summed E-state index contributed by atoms with van der Waals surface area (Å²) < 4.78 is 5.81. The van der Waals surface area contributed by atoms with Crippen molar-refractivity contribution in [2.24, 2.45) is 11.7 Å². The molecule has 0 aliphatic rings. The lowest BCUT2D eigenvalue weighted by Gasteiger charge is -2.34. The largest absolute Gasteiger partial charge is 0.465 e. The predicted molar refractivity (Wildman–Crippen MR) is 76.5 cm³/mol. The number of aryl methyl sites for hydroxylation is 1. The number of nitrogens with zero attached hydrogens (tertiary/aromatic N) is 1. The Bertz CT molecular complexity index is 346. The third kappa shape index (κ3) is 3.85. The zero-order valence-corrected chi connectivity index (χ0v) is 12.4. The van der Waals surface area contributed by atoms with Gasteiger partial charge in [-0.15, -0.1) is 0 Å². The van der Waals surface area contributed by atoms with Crippen LogP contribution in [-0.4, -0.2) is 24.0 Å². The average Bonchev–Trinajstić information content (AvgIpc) is 2.73. The molecule has 104 valence electrons. The molecule has 0 radical (unpaired) electrons. The van der Waals surface area contributed by atoms with E-state index in [0.29, 0.717) is 5.92 Å². The number of furan rings is 1. The quantitative estimate of drug-likeness (QED) is 0.809. The number of likely N-dealkylation sites (N-methyl/N-ethyl adjacent to an activating group) is 1. The fourth-order valence-corrected chi connectivity index (χ4v) is 2.41. The first-order chi connectivity index (χ1) is 8.49. The topological polar surface area (TPSA) is 42.4 Å². The van der Waals surface area contributed by atoms with Gasteiger partial charge in [-0.05, 0) is 37.9 Å². The van der Waals surface area contributed by atoms with Crippen molar-refractivity contribution in [3.63, 3.8) is 0 Å². The van der Waals surface area contributed by atoms with Crippen LogP contribution < -0.4 is 5.73 Å². The van der Waals surface area contributed by atoms with Crippen LogP contribution in [0.1, 0.15) is 51.7 Å². The van der Waals surface area contributed by atoms with Gasteiger partial charge in [-0.3, -0.25) is 4.90 Å². The number of rotatable bonds is 7. The highest BCUT2D eigenvalue weighted by Gasteiger charge is 2.27. The first-order valence-electron chi connectivity index (χ1n) is 7.05. The summed E-state index contributed by atoms with van der Waals surface area (Å²) in [7, 11) is 0. The summed E-state index contributed by atoms with van der Waals surface area (Å²) >= 11 is 0. The molecule has 0 amide bonds. The summed E-state index contributed by atoms with van der Waals surface area (Å²) in [6, 6.07) is 4.40. The molecule has 2 unspecified atom stereocenters. The standard InChI is InChI=1S/C15H28N2O/c1-6-13(16)15(14-9-8-12(5)18-14)17(7-2)10-11(3)4/h8-9,11,13,15H,6-7,10,16H2,1-5H3. The van der Waals surface area contributed by atoms with Gasteiger partial charge in [0.1, 0.15) is 11.5 Å². The lowest BCUT2D eigenvalue weighted by molar-refractivity contribution is 0.138. The average molecular weight is 252 g/mol. The molecule has 1 rings (SSSR count). The molecule has 0 spiro atoms. The molecule has 1 aromatic rings. The maximum Gasteiger partial charge on any atom is 0.122 e. The fraction of sp³-hybridized carbons (Fsp3) is 0.733. The van der Waals surface area contributed by atoms with E-state index in [1.165, 1.54) is 0 Å². The van der Waals surface area contributed by atoms with Crippen molar-refractivity contribution in [3.05, 3.63) is 23.7 Å². The van der Waals surface area contributed by atoms with E-state index in [9.17, 15) is 0 Å². The Morgan fingerprint density at radius 3 is 2.33 bits per heavy atom. The molecule has 1 heterocycles. The predicted octanol–water partition coefficient (Wildman–Crippen LogP) is 3.34. The van der Waals surface area contributed by atoms with Gasteiger partial charge in [-0.2, -0.15) is 0 Å². The minimum absolute atomic E-state index is 0.120. The van der Waals surface area contributed by atoms with Crippen molar-refractivity contribution in [2.75, 3.05) is 13.1 Å². The molecule has 0 fully saturated rings. The summed E-state index contributed by atoms with van der Waals surface area (Å²) in [4.78, 5) is 2.43. The third-order valence-corrected chi connectivity index (χ3v) is 3.33. The molecule has 3 heteroatoms. The Kier molecular flexibility index (Phi) is 5.89. The summed E-state index contributed by atoms with van der Waals surface area (Å²) in [5, 5.41) is 0. The second-order valence-electron chi connectivity index (χ2n) is 5.45. The van der Waals surface area contributed by atoms with Gasteiger partial charge in [0.05, 0.1) is 6.04 Å². The lowest BCUT2D eigenvalue weighted by Crippen LogP contribution is -2.42. The van der Waals surface area contributed by atoms with Crippen molar-refractivity contribution in [2.45, 2.75) is 53.1 Å². The van der Waals surface area contributed by atoms with Crippen molar-refractivity contribution in [3.8, 4) is 0 Å². The molecule has 0 saturated carbocycles. The Morgan fingerprint density at radius 2 is 1.94 bits per heavy atom. The molecule has 0 saturated heterocycles. The van der Waals surface area contributed by atoms with Gasteiger partial charge in [-0.1, -0.05) is 27.7 Å². The van der Waals surface area contributed by atoms with Crippen LogP contribution >= 0.6 is 0 Å². The molecule has 0 aromatic carbocycles. The lowest BCUT2D eigenvalue weighted by atomic mass is 10.0. The highest BCUT2D eigenvalue weighted by Crippen LogP contribution is 2.27. The minimum atomic E-state index is 0.120. The molecule has 0 bridgehead atoms. The molecular weight excluding hydrogens is 224 g/mol. The molecule has 3 nitrogen and oxygen atoms in total. The third-order valence-electron chi connectivity index (χ3n) is 3.33. The van der Waals surface area contributed by atoms with Gasteiger partial charge in [0.2, 0.25) is 0 Å². The van der Waals surface area contributed by atoms with Crippen LogP contribution in [-0.2, 0) is 0 Å².